The number of methoxy groups -OCH3 is 1. The summed E-state index contributed by atoms with van der Waals surface area (Å²) in [6.45, 7) is 10.4. The minimum absolute atomic E-state index is 0.0746. The number of amides is 2. The van der Waals surface area contributed by atoms with Crippen LogP contribution in [0.2, 0.25) is 0 Å². The van der Waals surface area contributed by atoms with Gasteiger partial charge < -0.3 is 31.2 Å². The number of carbonyl (C=O) groups is 2. The molecule has 1 fully saturated rings. The summed E-state index contributed by atoms with van der Waals surface area (Å²) in [6.07, 6.45) is 7.01. The number of primary amides is 1. The monoisotopic (exact) mass is 564 g/mol. The fourth-order valence-electron chi connectivity index (χ4n) is 4.37. The first-order valence-corrected chi connectivity index (χ1v) is 13.3. The number of hydroxylamine groups is 2. The van der Waals surface area contributed by atoms with Crippen molar-refractivity contribution in [3.8, 4) is 0 Å². The molecule has 2 aliphatic heterocycles. The summed E-state index contributed by atoms with van der Waals surface area (Å²) in [4.78, 5) is 41.1. The van der Waals surface area contributed by atoms with Crippen molar-refractivity contribution in [3.05, 3.63) is 72.4 Å². The molecule has 2 aliphatic rings. The lowest BCUT2D eigenvalue weighted by Gasteiger charge is -2.32. The molecule has 41 heavy (non-hydrogen) atoms. The zero-order chi connectivity index (χ0) is 29.2. The molecule has 1 atom stereocenters. The van der Waals surface area contributed by atoms with Crippen molar-refractivity contribution in [1.82, 2.24) is 19.9 Å². The first-order valence-electron chi connectivity index (χ1n) is 13.3. The Morgan fingerprint density at radius 3 is 2.68 bits per heavy atom. The van der Waals surface area contributed by atoms with Crippen molar-refractivity contribution in [2.45, 2.75) is 19.4 Å². The first kappa shape index (κ1) is 29.5. The number of hydrogen-bond acceptors (Lipinski definition) is 11. The van der Waals surface area contributed by atoms with E-state index < -0.39 is 5.91 Å². The van der Waals surface area contributed by atoms with Gasteiger partial charge in [-0.3, -0.25) is 24.4 Å². The number of para-hydroxylation sites is 2. The fourth-order valence-corrected chi connectivity index (χ4v) is 4.37. The van der Waals surface area contributed by atoms with Gasteiger partial charge in [-0.05, 0) is 37.6 Å². The van der Waals surface area contributed by atoms with E-state index in [2.05, 4.69) is 37.4 Å². The second kappa shape index (κ2) is 14.3. The summed E-state index contributed by atoms with van der Waals surface area (Å²) in [5, 5.41) is 10.7. The van der Waals surface area contributed by atoms with Crippen LogP contribution >= 0.6 is 0 Å². The lowest BCUT2D eigenvalue weighted by atomic mass is 10.1. The molecule has 13 heteroatoms. The maximum Gasteiger partial charge on any atom is 0.254 e. The number of carbonyl (C=O) groups excluding carboxylic acids is 2. The number of hydrogen-bond donors (Lipinski definition) is 4. The number of allylic oxidation sites excluding steroid dienone is 1. The van der Waals surface area contributed by atoms with Crippen molar-refractivity contribution in [3.63, 3.8) is 0 Å². The first-order chi connectivity index (χ1) is 19.9. The summed E-state index contributed by atoms with van der Waals surface area (Å²) in [5.74, 6) is -0.114. The number of anilines is 4. The lowest BCUT2D eigenvalue weighted by molar-refractivity contribution is -0.147. The van der Waals surface area contributed by atoms with Gasteiger partial charge in [-0.1, -0.05) is 18.7 Å². The molecule has 1 saturated heterocycles. The molecule has 0 aliphatic carbocycles. The summed E-state index contributed by atoms with van der Waals surface area (Å²) in [7, 11) is 1.59. The molecular formula is C28H36N8O5. The minimum atomic E-state index is -0.712. The van der Waals surface area contributed by atoms with Crippen LogP contribution in [-0.4, -0.2) is 84.4 Å². The van der Waals surface area contributed by atoms with Crippen LogP contribution in [-0.2, 0) is 19.1 Å². The number of aromatic nitrogens is 2. The lowest BCUT2D eigenvalue weighted by Crippen LogP contribution is -2.38. The van der Waals surface area contributed by atoms with E-state index in [1.807, 2.05) is 13.1 Å². The summed E-state index contributed by atoms with van der Waals surface area (Å²) in [5.41, 5.74) is 7.26. The predicted octanol–water partition coefficient (Wildman–Crippen LogP) is 2.59. The molecule has 5 N–H and O–H groups in total. The zero-order valence-electron chi connectivity index (χ0n) is 23.3. The molecule has 3 heterocycles. The Morgan fingerprint density at radius 1 is 1.22 bits per heavy atom. The van der Waals surface area contributed by atoms with Gasteiger partial charge in [0.05, 0.1) is 44.0 Å². The zero-order valence-corrected chi connectivity index (χ0v) is 23.3. The summed E-state index contributed by atoms with van der Waals surface area (Å²) in [6, 6.07) is 6.74. The maximum absolute atomic E-state index is 12.1. The highest BCUT2D eigenvalue weighted by Crippen LogP contribution is 2.28. The van der Waals surface area contributed by atoms with E-state index in [0.29, 0.717) is 29.4 Å². The normalized spacial score (nSPS) is 17.2. The Hall–Kier alpha value is -4.46. The Kier molecular flexibility index (Phi) is 10.3. The number of rotatable bonds is 13. The van der Waals surface area contributed by atoms with Gasteiger partial charge >= 0.3 is 0 Å². The Morgan fingerprint density at radius 2 is 1.98 bits per heavy atom. The van der Waals surface area contributed by atoms with Crippen LogP contribution < -0.4 is 21.7 Å². The molecule has 218 valence electrons. The highest BCUT2D eigenvalue weighted by atomic mass is 16.7. The van der Waals surface area contributed by atoms with E-state index in [1.165, 1.54) is 6.20 Å². The van der Waals surface area contributed by atoms with Crippen LogP contribution in [0.4, 0.5) is 23.1 Å². The molecule has 0 spiro atoms. The molecule has 0 saturated carbocycles. The van der Waals surface area contributed by atoms with Gasteiger partial charge in [-0.15, -0.1) is 0 Å². The van der Waals surface area contributed by atoms with Crippen LogP contribution in [0.1, 0.15) is 23.7 Å². The topological polar surface area (TPSA) is 156 Å². The van der Waals surface area contributed by atoms with E-state index in [4.69, 9.17) is 20.0 Å². The molecule has 2 aromatic rings. The van der Waals surface area contributed by atoms with Crippen molar-refractivity contribution in [2.75, 3.05) is 62.5 Å². The summed E-state index contributed by atoms with van der Waals surface area (Å²) >= 11 is 0. The van der Waals surface area contributed by atoms with Gasteiger partial charge in [0.15, 0.2) is 0 Å². The molecule has 1 aromatic carbocycles. The van der Waals surface area contributed by atoms with Crippen molar-refractivity contribution in [1.29, 1.82) is 0 Å². The minimum Gasteiger partial charge on any atom is -0.497 e. The molecule has 1 aromatic heterocycles. The third-order valence-corrected chi connectivity index (χ3v) is 6.52. The highest BCUT2D eigenvalue weighted by Gasteiger charge is 2.25. The van der Waals surface area contributed by atoms with Gasteiger partial charge in [0.1, 0.15) is 23.2 Å². The van der Waals surface area contributed by atoms with Gasteiger partial charge in [0.2, 0.25) is 11.9 Å². The Balaban J connectivity index is 1.45. The molecular weight excluding hydrogens is 528 g/mol. The number of nitrogens with one attached hydrogen (secondary N) is 3. The van der Waals surface area contributed by atoms with Gasteiger partial charge in [0.25, 0.3) is 5.91 Å². The third kappa shape index (κ3) is 7.81. The molecule has 13 nitrogen and oxygen atoms in total. The molecule has 4 rings (SSSR count). The van der Waals surface area contributed by atoms with Crippen molar-refractivity contribution < 1.29 is 23.9 Å². The van der Waals surface area contributed by atoms with E-state index in [0.717, 1.165) is 45.3 Å². The van der Waals surface area contributed by atoms with Crippen LogP contribution in [0, 0.1) is 0 Å². The molecule has 0 bridgehead atoms. The van der Waals surface area contributed by atoms with Crippen LogP contribution in [0.5, 0.6) is 0 Å². The number of benzene rings is 1. The molecule has 0 radical (unpaired) electrons. The Bertz CT molecular complexity index is 1310. The van der Waals surface area contributed by atoms with Gasteiger partial charge in [-0.25, -0.2) is 4.98 Å². The largest absolute Gasteiger partial charge is 0.497 e. The van der Waals surface area contributed by atoms with Gasteiger partial charge in [-0.2, -0.15) is 4.98 Å². The smallest absolute Gasteiger partial charge is 0.254 e. The standard InChI is InChI=1S/C28H36N8O5/c1-4-24(37)31-21-8-5-6-9-22(21)32-27-20(26(29)38)18-30-28(34-27)33-23-10-12-36(19(2)25(23)39-3)41-15-7-11-35-13-16-40-17-14-35/h4-6,8-10,12,18-19H,1,7,11,13-17H2,2-3H3,(H2,29,38)(H,31,37)(H2,30,32,33,34). The quantitative estimate of drug-likeness (QED) is 0.209. The second-order valence-corrected chi connectivity index (χ2v) is 9.28. The number of nitrogens with zero attached hydrogens (tertiary/aromatic N) is 4. The van der Waals surface area contributed by atoms with Crippen LogP contribution in [0.25, 0.3) is 0 Å². The Labute approximate surface area is 239 Å². The van der Waals surface area contributed by atoms with Crippen LogP contribution in [0.3, 0.4) is 0 Å². The van der Waals surface area contributed by atoms with Crippen LogP contribution in [0.15, 0.2) is 66.8 Å². The average molecular weight is 565 g/mol. The van der Waals surface area contributed by atoms with E-state index in [1.54, 1.807) is 42.5 Å². The second-order valence-electron chi connectivity index (χ2n) is 9.28. The fraction of sp³-hybridized carbons (Fsp3) is 0.357. The SMILES string of the molecule is C=CC(=O)Nc1ccccc1Nc1nc(NC2=C(OC)C(C)N(OCCCN3CCOCC3)C=C2)ncc1C(N)=O. The average Bonchev–Trinajstić information content (AvgIpc) is 2.98. The number of nitrogens with two attached hydrogens (primary N) is 1. The maximum atomic E-state index is 12.1. The molecule has 2 amide bonds. The highest BCUT2D eigenvalue weighted by molar-refractivity contribution is 6.02. The summed E-state index contributed by atoms with van der Waals surface area (Å²) < 4.78 is 11.1. The number of morpholine rings is 1. The van der Waals surface area contributed by atoms with E-state index in [9.17, 15) is 9.59 Å². The van der Waals surface area contributed by atoms with E-state index in [-0.39, 0.29) is 29.3 Å². The van der Waals surface area contributed by atoms with Crippen molar-refractivity contribution in [2.24, 2.45) is 5.73 Å². The third-order valence-electron chi connectivity index (χ3n) is 6.52. The number of ether oxygens (including phenoxy) is 2. The molecule has 1 unspecified atom stereocenters. The van der Waals surface area contributed by atoms with E-state index >= 15 is 0 Å². The predicted molar refractivity (Wildman–Crippen MR) is 155 cm³/mol. The van der Waals surface area contributed by atoms with Crippen molar-refractivity contribution >= 4 is 35.0 Å². The van der Waals surface area contributed by atoms with Gasteiger partial charge in [0, 0.05) is 32.0 Å².